The van der Waals surface area contributed by atoms with Gasteiger partial charge >= 0.3 is 0 Å². The van der Waals surface area contributed by atoms with E-state index in [1.54, 1.807) is 0 Å². The lowest BCUT2D eigenvalue weighted by Crippen LogP contribution is -2.21. The van der Waals surface area contributed by atoms with Gasteiger partial charge in [0, 0.05) is 26.1 Å². The predicted molar refractivity (Wildman–Crippen MR) is 60.1 cm³/mol. The first kappa shape index (κ1) is 12.0. The third kappa shape index (κ3) is 3.51. The zero-order chi connectivity index (χ0) is 11.3. The van der Waals surface area contributed by atoms with E-state index in [0.717, 1.165) is 19.4 Å². The lowest BCUT2D eigenvalue weighted by atomic mass is 10.2. The Balaban J connectivity index is 2.46. The summed E-state index contributed by atoms with van der Waals surface area (Å²) in [7, 11) is 3.90. The van der Waals surface area contributed by atoms with Gasteiger partial charge < -0.3 is 14.7 Å². The van der Waals surface area contributed by atoms with E-state index >= 15 is 0 Å². The van der Waals surface area contributed by atoms with Crippen molar-refractivity contribution in [3.63, 3.8) is 0 Å². The number of nitrogens with one attached hydrogen (secondary N) is 1. The van der Waals surface area contributed by atoms with Gasteiger partial charge in [-0.1, -0.05) is 0 Å². The number of hydrogen-bond donors (Lipinski definition) is 1. The molecule has 0 saturated carbocycles. The first-order chi connectivity index (χ1) is 7.17. The molecule has 5 nitrogen and oxygen atoms in total. The topological polar surface area (TPSA) is 54.2 Å². The molecule has 15 heavy (non-hydrogen) atoms. The van der Waals surface area contributed by atoms with E-state index in [9.17, 15) is 0 Å². The average Bonchev–Trinajstić information content (AvgIpc) is 2.73. The summed E-state index contributed by atoms with van der Waals surface area (Å²) < 4.78 is 5.15. The van der Waals surface area contributed by atoms with E-state index in [1.165, 1.54) is 0 Å². The Morgan fingerprint density at radius 3 is 2.87 bits per heavy atom. The molecule has 0 saturated heterocycles. The molecule has 1 unspecified atom stereocenters. The molecule has 0 spiro atoms. The summed E-state index contributed by atoms with van der Waals surface area (Å²) in [4.78, 5) is 6.26. The standard InChI is InChI=1S/C10H20N4O/c1-5-14(4)10-12-9(15-13-10)7-6-8(2)11-3/h8,11H,5-7H2,1-4H3. The van der Waals surface area contributed by atoms with Crippen molar-refractivity contribution >= 4 is 5.95 Å². The molecule has 1 atom stereocenters. The molecule has 1 N–H and O–H groups in total. The highest BCUT2D eigenvalue weighted by Crippen LogP contribution is 2.09. The van der Waals surface area contributed by atoms with Crippen molar-refractivity contribution in [2.24, 2.45) is 0 Å². The number of anilines is 1. The fraction of sp³-hybridized carbons (Fsp3) is 0.800. The molecule has 0 aromatic carbocycles. The maximum absolute atomic E-state index is 5.15. The second-order valence-electron chi connectivity index (χ2n) is 3.73. The molecule has 1 aromatic heterocycles. The van der Waals surface area contributed by atoms with Gasteiger partial charge in [-0.15, -0.1) is 0 Å². The fourth-order valence-electron chi connectivity index (χ4n) is 1.13. The van der Waals surface area contributed by atoms with Gasteiger partial charge in [-0.25, -0.2) is 0 Å². The first-order valence-electron chi connectivity index (χ1n) is 5.38. The van der Waals surface area contributed by atoms with Crippen molar-refractivity contribution in [1.82, 2.24) is 15.5 Å². The molecular weight excluding hydrogens is 192 g/mol. The summed E-state index contributed by atoms with van der Waals surface area (Å²) in [5.41, 5.74) is 0. The molecular formula is C10H20N4O. The van der Waals surface area contributed by atoms with Crippen molar-refractivity contribution < 1.29 is 4.52 Å². The Morgan fingerprint density at radius 2 is 2.27 bits per heavy atom. The van der Waals surface area contributed by atoms with Gasteiger partial charge in [0.05, 0.1) is 0 Å². The van der Waals surface area contributed by atoms with Crippen molar-refractivity contribution in [3.8, 4) is 0 Å². The molecule has 0 aliphatic rings. The van der Waals surface area contributed by atoms with Crippen LogP contribution in [0.25, 0.3) is 0 Å². The number of hydrogen-bond acceptors (Lipinski definition) is 5. The maximum Gasteiger partial charge on any atom is 0.265 e. The van der Waals surface area contributed by atoms with Crippen LogP contribution >= 0.6 is 0 Å². The van der Waals surface area contributed by atoms with Gasteiger partial charge in [0.2, 0.25) is 5.89 Å². The quantitative estimate of drug-likeness (QED) is 0.764. The molecule has 0 radical (unpaired) electrons. The van der Waals surface area contributed by atoms with Crippen molar-refractivity contribution in [2.45, 2.75) is 32.7 Å². The first-order valence-corrected chi connectivity index (χ1v) is 5.38. The van der Waals surface area contributed by atoms with Gasteiger partial charge in [-0.3, -0.25) is 0 Å². The second-order valence-corrected chi connectivity index (χ2v) is 3.73. The van der Waals surface area contributed by atoms with E-state index in [0.29, 0.717) is 17.9 Å². The van der Waals surface area contributed by atoms with E-state index in [2.05, 4.69) is 29.3 Å². The molecule has 86 valence electrons. The highest BCUT2D eigenvalue weighted by molar-refractivity contribution is 5.24. The highest BCUT2D eigenvalue weighted by atomic mass is 16.5. The van der Waals surface area contributed by atoms with Crippen LogP contribution in [-0.4, -0.2) is 36.8 Å². The molecule has 0 bridgehead atoms. The number of aromatic nitrogens is 2. The van der Waals surface area contributed by atoms with Gasteiger partial charge in [-0.05, 0) is 32.5 Å². The monoisotopic (exact) mass is 212 g/mol. The lowest BCUT2D eigenvalue weighted by Gasteiger charge is -2.09. The largest absolute Gasteiger partial charge is 0.342 e. The summed E-state index contributed by atoms with van der Waals surface area (Å²) in [5.74, 6) is 1.39. The van der Waals surface area contributed by atoms with Crippen molar-refractivity contribution in [2.75, 3.05) is 25.5 Å². The Morgan fingerprint density at radius 1 is 1.53 bits per heavy atom. The SMILES string of the molecule is CCN(C)c1noc(CCC(C)NC)n1. The third-order valence-corrected chi connectivity index (χ3v) is 2.56. The van der Waals surface area contributed by atoms with Crippen LogP contribution < -0.4 is 10.2 Å². The minimum atomic E-state index is 0.476. The fourth-order valence-corrected chi connectivity index (χ4v) is 1.13. The molecule has 1 rings (SSSR count). The number of nitrogens with zero attached hydrogens (tertiary/aromatic N) is 3. The summed E-state index contributed by atoms with van der Waals surface area (Å²) in [6.07, 6.45) is 1.83. The third-order valence-electron chi connectivity index (χ3n) is 2.56. The molecule has 1 heterocycles. The zero-order valence-electron chi connectivity index (χ0n) is 9.95. The van der Waals surface area contributed by atoms with E-state index in [-0.39, 0.29) is 0 Å². The highest BCUT2D eigenvalue weighted by Gasteiger charge is 2.09. The summed E-state index contributed by atoms with van der Waals surface area (Å²) in [5, 5.41) is 7.09. The Bertz CT molecular complexity index is 287. The summed E-state index contributed by atoms with van der Waals surface area (Å²) in [6, 6.07) is 0.476. The minimum Gasteiger partial charge on any atom is -0.342 e. The number of aryl methyl sites for hydroxylation is 1. The van der Waals surface area contributed by atoms with Crippen molar-refractivity contribution in [3.05, 3.63) is 5.89 Å². The summed E-state index contributed by atoms with van der Waals surface area (Å²) >= 11 is 0. The normalized spacial score (nSPS) is 12.8. The van der Waals surface area contributed by atoms with Crippen LogP contribution in [-0.2, 0) is 6.42 Å². The van der Waals surface area contributed by atoms with Crippen molar-refractivity contribution in [1.29, 1.82) is 0 Å². The molecule has 0 fully saturated rings. The molecule has 0 amide bonds. The smallest absolute Gasteiger partial charge is 0.265 e. The Labute approximate surface area is 90.8 Å². The van der Waals surface area contributed by atoms with Crippen LogP contribution in [0.3, 0.4) is 0 Å². The van der Waals surface area contributed by atoms with Gasteiger partial charge in [0.15, 0.2) is 0 Å². The van der Waals surface area contributed by atoms with E-state index in [4.69, 9.17) is 4.52 Å². The predicted octanol–water partition coefficient (Wildman–Crippen LogP) is 1.07. The second kappa shape index (κ2) is 5.70. The van der Waals surface area contributed by atoms with Crippen LogP contribution in [0.5, 0.6) is 0 Å². The van der Waals surface area contributed by atoms with Gasteiger partial charge in [0.1, 0.15) is 0 Å². The van der Waals surface area contributed by atoms with Crippen LogP contribution in [0.4, 0.5) is 5.95 Å². The molecule has 0 aliphatic heterocycles. The summed E-state index contributed by atoms with van der Waals surface area (Å²) in [6.45, 7) is 5.07. The van der Waals surface area contributed by atoms with Crippen LogP contribution in [0.15, 0.2) is 4.52 Å². The average molecular weight is 212 g/mol. The molecule has 5 heteroatoms. The van der Waals surface area contributed by atoms with E-state index < -0.39 is 0 Å². The zero-order valence-corrected chi connectivity index (χ0v) is 9.95. The van der Waals surface area contributed by atoms with Gasteiger partial charge in [0.25, 0.3) is 5.95 Å². The molecule has 0 aliphatic carbocycles. The Kier molecular flexibility index (Phi) is 4.55. The lowest BCUT2D eigenvalue weighted by molar-refractivity contribution is 0.368. The molecule has 1 aromatic rings. The van der Waals surface area contributed by atoms with Crippen LogP contribution in [0, 0.1) is 0 Å². The van der Waals surface area contributed by atoms with Crippen LogP contribution in [0.1, 0.15) is 26.2 Å². The van der Waals surface area contributed by atoms with Gasteiger partial charge in [-0.2, -0.15) is 4.98 Å². The van der Waals surface area contributed by atoms with E-state index in [1.807, 2.05) is 19.0 Å². The maximum atomic E-state index is 5.15. The number of rotatable bonds is 6. The Hall–Kier alpha value is -1.10. The van der Waals surface area contributed by atoms with Crippen LogP contribution in [0.2, 0.25) is 0 Å². The minimum absolute atomic E-state index is 0.476.